The smallest absolute Gasteiger partial charge is 0.221 e. The minimum Gasteiger partial charge on any atom is -0.383 e. The first-order chi connectivity index (χ1) is 11.1. The van der Waals surface area contributed by atoms with Crippen LogP contribution < -0.4 is 10.6 Å². The molecule has 0 radical (unpaired) electrons. The number of benzene rings is 2. The molecule has 0 atom stereocenters. The molecule has 3 nitrogen and oxygen atoms in total. The normalized spacial score (nSPS) is 10.4. The summed E-state index contributed by atoms with van der Waals surface area (Å²) in [6, 6.07) is 14.1. The highest BCUT2D eigenvalue weighted by Gasteiger charge is 2.06. The Morgan fingerprint density at radius 3 is 2.52 bits per heavy atom. The first-order valence-electron chi connectivity index (χ1n) is 7.87. The number of hydrogen-bond donors (Lipinski definition) is 2. The zero-order valence-electron chi connectivity index (χ0n) is 13.7. The molecule has 0 aliphatic carbocycles. The third-order valence-corrected chi connectivity index (χ3v) is 3.96. The van der Waals surface area contributed by atoms with E-state index in [0.717, 1.165) is 23.2 Å². The van der Waals surface area contributed by atoms with Gasteiger partial charge in [0.25, 0.3) is 0 Å². The molecule has 2 N–H and O–H groups in total. The van der Waals surface area contributed by atoms with E-state index in [0.29, 0.717) is 24.5 Å². The summed E-state index contributed by atoms with van der Waals surface area (Å²) in [7, 11) is 0. The van der Waals surface area contributed by atoms with Gasteiger partial charge in [0.2, 0.25) is 5.91 Å². The van der Waals surface area contributed by atoms with Crippen LogP contribution in [0, 0.1) is 13.8 Å². The molecule has 0 fully saturated rings. The van der Waals surface area contributed by atoms with Gasteiger partial charge in [-0.15, -0.1) is 0 Å². The molecule has 0 spiro atoms. The van der Waals surface area contributed by atoms with E-state index >= 15 is 0 Å². The van der Waals surface area contributed by atoms with Gasteiger partial charge in [-0.05, 0) is 43.0 Å². The van der Waals surface area contributed by atoms with E-state index < -0.39 is 0 Å². The lowest BCUT2D eigenvalue weighted by atomic mass is 10.1. The molecule has 0 saturated heterocycles. The minimum absolute atomic E-state index is 0.0503. The average molecular weight is 331 g/mol. The second-order valence-corrected chi connectivity index (χ2v) is 6.11. The molecule has 2 aromatic rings. The molecule has 0 aliphatic heterocycles. The molecule has 0 unspecified atom stereocenters. The van der Waals surface area contributed by atoms with Crippen molar-refractivity contribution in [2.75, 3.05) is 18.4 Å². The number of aryl methyl sites for hydroxylation is 2. The van der Waals surface area contributed by atoms with Crippen molar-refractivity contribution in [1.82, 2.24) is 5.32 Å². The van der Waals surface area contributed by atoms with Crippen molar-refractivity contribution < 1.29 is 4.79 Å². The van der Waals surface area contributed by atoms with Crippen molar-refractivity contribution >= 4 is 23.2 Å². The molecule has 2 aromatic carbocycles. The first kappa shape index (κ1) is 17.4. The summed E-state index contributed by atoms with van der Waals surface area (Å²) in [4.78, 5) is 11.9. The predicted molar refractivity (Wildman–Crippen MR) is 97.2 cm³/mol. The number of rotatable bonds is 7. The molecule has 2 rings (SSSR count). The Kier molecular flexibility index (Phi) is 6.48. The summed E-state index contributed by atoms with van der Waals surface area (Å²) in [5.41, 5.74) is 4.37. The van der Waals surface area contributed by atoms with Crippen LogP contribution in [-0.4, -0.2) is 19.0 Å². The lowest BCUT2D eigenvalue weighted by Gasteiger charge is -2.12. The summed E-state index contributed by atoms with van der Waals surface area (Å²) in [5.74, 6) is 0.0503. The first-order valence-corrected chi connectivity index (χ1v) is 8.25. The van der Waals surface area contributed by atoms with Gasteiger partial charge >= 0.3 is 0 Å². The third kappa shape index (κ3) is 5.61. The van der Waals surface area contributed by atoms with Gasteiger partial charge in [-0.1, -0.05) is 48.0 Å². The maximum atomic E-state index is 11.9. The highest BCUT2D eigenvalue weighted by Crippen LogP contribution is 2.27. The highest BCUT2D eigenvalue weighted by atomic mass is 35.5. The fraction of sp³-hybridized carbons (Fsp3) is 0.316. The van der Waals surface area contributed by atoms with Gasteiger partial charge in [-0.3, -0.25) is 4.79 Å². The van der Waals surface area contributed by atoms with E-state index in [1.54, 1.807) is 0 Å². The Hall–Kier alpha value is -2.00. The number of halogens is 1. The van der Waals surface area contributed by atoms with Crippen LogP contribution in [0.5, 0.6) is 0 Å². The fourth-order valence-corrected chi connectivity index (χ4v) is 2.91. The number of carbonyl (C=O) groups is 1. The second kappa shape index (κ2) is 8.59. The SMILES string of the molecule is Cc1cc(C)c(NCCC(=O)NCCc2ccccc2)c(Cl)c1. The molecular formula is C19H23ClN2O. The van der Waals surface area contributed by atoms with Crippen LogP contribution in [0.2, 0.25) is 5.02 Å². The lowest BCUT2D eigenvalue weighted by Crippen LogP contribution is -2.27. The standard InChI is InChI=1S/C19H23ClN2O/c1-14-12-15(2)19(17(20)13-14)22-11-9-18(23)21-10-8-16-6-4-3-5-7-16/h3-7,12-13,22H,8-11H2,1-2H3,(H,21,23). The molecule has 1 amide bonds. The summed E-state index contributed by atoms with van der Waals surface area (Å²) in [6.07, 6.45) is 1.28. The van der Waals surface area contributed by atoms with E-state index in [2.05, 4.69) is 28.8 Å². The molecule has 0 aliphatic rings. The molecule has 0 heterocycles. The number of nitrogens with one attached hydrogen (secondary N) is 2. The van der Waals surface area contributed by atoms with Gasteiger partial charge in [0.1, 0.15) is 0 Å². The number of carbonyl (C=O) groups excluding carboxylic acids is 1. The monoisotopic (exact) mass is 330 g/mol. The summed E-state index contributed by atoms with van der Waals surface area (Å²) >= 11 is 6.24. The highest BCUT2D eigenvalue weighted by molar-refractivity contribution is 6.33. The van der Waals surface area contributed by atoms with Crippen LogP contribution in [0.15, 0.2) is 42.5 Å². The Labute approximate surface area is 143 Å². The van der Waals surface area contributed by atoms with E-state index in [-0.39, 0.29) is 5.91 Å². The van der Waals surface area contributed by atoms with Crippen LogP contribution >= 0.6 is 11.6 Å². The zero-order valence-corrected chi connectivity index (χ0v) is 14.4. The van der Waals surface area contributed by atoms with Gasteiger partial charge < -0.3 is 10.6 Å². The van der Waals surface area contributed by atoms with Crippen LogP contribution in [-0.2, 0) is 11.2 Å². The summed E-state index contributed by atoms with van der Waals surface area (Å²) in [6.45, 7) is 5.26. The van der Waals surface area contributed by atoms with Crippen molar-refractivity contribution in [3.8, 4) is 0 Å². The summed E-state index contributed by atoms with van der Waals surface area (Å²) in [5, 5.41) is 6.90. The number of amides is 1. The van der Waals surface area contributed by atoms with Crippen molar-refractivity contribution in [3.05, 3.63) is 64.2 Å². The minimum atomic E-state index is 0.0503. The fourth-order valence-electron chi connectivity index (χ4n) is 2.52. The Morgan fingerprint density at radius 1 is 1.09 bits per heavy atom. The van der Waals surface area contributed by atoms with Gasteiger partial charge in [0.15, 0.2) is 0 Å². The van der Waals surface area contributed by atoms with E-state index in [4.69, 9.17) is 11.6 Å². The van der Waals surface area contributed by atoms with Crippen LogP contribution in [0.25, 0.3) is 0 Å². The van der Waals surface area contributed by atoms with Crippen LogP contribution in [0.3, 0.4) is 0 Å². The quantitative estimate of drug-likeness (QED) is 0.802. The lowest BCUT2D eigenvalue weighted by molar-refractivity contribution is -0.120. The molecule has 0 aromatic heterocycles. The number of hydrogen-bond acceptors (Lipinski definition) is 2. The molecule has 23 heavy (non-hydrogen) atoms. The van der Waals surface area contributed by atoms with E-state index in [1.807, 2.05) is 38.1 Å². The van der Waals surface area contributed by atoms with E-state index in [9.17, 15) is 4.79 Å². The van der Waals surface area contributed by atoms with Crippen molar-refractivity contribution in [2.45, 2.75) is 26.7 Å². The van der Waals surface area contributed by atoms with Crippen LogP contribution in [0.1, 0.15) is 23.1 Å². The molecule has 0 saturated carbocycles. The molecular weight excluding hydrogens is 308 g/mol. The summed E-state index contributed by atoms with van der Waals surface area (Å²) < 4.78 is 0. The van der Waals surface area contributed by atoms with Gasteiger partial charge in [-0.2, -0.15) is 0 Å². The number of anilines is 1. The maximum Gasteiger partial charge on any atom is 0.221 e. The molecule has 4 heteroatoms. The largest absolute Gasteiger partial charge is 0.383 e. The topological polar surface area (TPSA) is 41.1 Å². The van der Waals surface area contributed by atoms with Gasteiger partial charge in [-0.25, -0.2) is 0 Å². The van der Waals surface area contributed by atoms with Gasteiger partial charge in [0.05, 0.1) is 10.7 Å². The molecule has 122 valence electrons. The second-order valence-electron chi connectivity index (χ2n) is 5.70. The van der Waals surface area contributed by atoms with Crippen molar-refractivity contribution in [3.63, 3.8) is 0 Å². The van der Waals surface area contributed by atoms with Crippen molar-refractivity contribution in [2.24, 2.45) is 0 Å². The van der Waals surface area contributed by atoms with Gasteiger partial charge in [0, 0.05) is 19.5 Å². The maximum absolute atomic E-state index is 11.9. The van der Waals surface area contributed by atoms with E-state index in [1.165, 1.54) is 5.56 Å². The Morgan fingerprint density at radius 2 is 1.83 bits per heavy atom. The van der Waals surface area contributed by atoms with Crippen LogP contribution in [0.4, 0.5) is 5.69 Å². The average Bonchev–Trinajstić information content (AvgIpc) is 2.51. The Bertz CT molecular complexity index is 633. The Balaban J connectivity index is 1.71. The predicted octanol–water partition coefficient (Wildman–Crippen LogP) is 4.12. The molecule has 0 bridgehead atoms. The third-order valence-electron chi connectivity index (χ3n) is 3.66. The zero-order chi connectivity index (χ0) is 16.7. The van der Waals surface area contributed by atoms with Crippen molar-refractivity contribution in [1.29, 1.82) is 0 Å².